The van der Waals surface area contributed by atoms with Crippen LogP contribution in [-0.2, 0) is 28.7 Å². The molecule has 1 aromatic carbocycles. The summed E-state index contributed by atoms with van der Waals surface area (Å²) in [6, 6.07) is 5.52. The van der Waals surface area contributed by atoms with Gasteiger partial charge in [-0.1, -0.05) is 12.6 Å². The lowest BCUT2D eigenvalue weighted by Crippen LogP contribution is -2.44. The Labute approximate surface area is 266 Å². The number of nitrogens with one attached hydrogen (secondary N) is 2. The number of likely N-dealkylation sites (tertiary alicyclic amines) is 1. The van der Waals surface area contributed by atoms with Gasteiger partial charge in [-0.05, 0) is 88.3 Å². The van der Waals surface area contributed by atoms with Crippen LogP contribution in [0, 0.1) is 5.92 Å². The number of anilines is 1. The summed E-state index contributed by atoms with van der Waals surface area (Å²) >= 11 is 0. The van der Waals surface area contributed by atoms with Crippen LogP contribution in [0.15, 0.2) is 66.3 Å². The second kappa shape index (κ2) is 12.6. The van der Waals surface area contributed by atoms with E-state index in [0.717, 1.165) is 31.0 Å². The van der Waals surface area contributed by atoms with E-state index in [0.29, 0.717) is 54.1 Å². The molecule has 0 bridgehead atoms. The molecule has 4 aliphatic rings. The minimum absolute atomic E-state index is 0.0409. The lowest BCUT2D eigenvalue weighted by Gasteiger charge is -2.36. The highest BCUT2D eigenvalue weighted by Gasteiger charge is 2.60. The van der Waals surface area contributed by atoms with Gasteiger partial charge in [0, 0.05) is 48.8 Å². The Hall–Kier alpha value is -4.16. The van der Waals surface area contributed by atoms with Gasteiger partial charge >= 0.3 is 6.18 Å². The van der Waals surface area contributed by atoms with Crippen molar-refractivity contribution in [3.05, 3.63) is 88.5 Å². The second-order valence-electron chi connectivity index (χ2n) is 12.6. The Morgan fingerprint density at radius 1 is 1.28 bits per heavy atom. The second-order valence-corrected chi connectivity index (χ2v) is 12.6. The fourth-order valence-electron chi connectivity index (χ4n) is 6.49. The van der Waals surface area contributed by atoms with Crippen LogP contribution in [0.25, 0.3) is 0 Å². The van der Waals surface area contributed by atoms with Crippen molar-refractivity contribution in [1.82, 2.24) is 20.1 Å². The first kappa shape index (κ1) is 31.8. The largest absolute Gasteiger partial charge is 0.487 e. The summed E-state index contributed by atoms with van der Waals surface area (Å²) in [4.78, 5) is 33.1. The average molecular weight is 638 g/mol. The number of aromatic nitrogens is 1. The number of alkyl halides is 3. The van der Waals surface area contributed by atoms with Crippen LogP contribution in [0.5, 0.6) is 5.75 Å². The molecule has 0 spiro atoms. The lowest BCUT2D eigenvalue weighted by atomic mass is 10.00. The van der Waals surface area contributed by atoms with Crippen molar-refractivity contribution >= 4 is 17.6 Å². The zero-order chi connectivity index (χ0) is 32.7. The van der Waals surface area contributed by atoms with Crippen molar-refractivity contribution in [1.29, 1.82) is 0 Å². The normalized spacial score (nSPS) is 25.5. The first-order valence-corrected chi connectivity index (χ1v) is 15.5. The Bertz CT molecular complexity index is 1620. The minimum Gasteiger partial charge on any atom is -0.487 e. The van der Waals surface area contributed by atoms with E-state index < -0.39 is 17.6 Å². The maximum absolute atomic E-state index is 14.1. The molecule has 2 aromatic rings. The van der Waals surface area contributed by atoms with Crippen molar-refractivity contribution in [2.75, 3.05) is 32.5 Å². The van der Waals surface area contributed by atoms with Gasteiger partial charge in [0.2, 0.25) is 5.91 Å². The maximum Gasteiger partial charge on any atom is 0.416 e. The fourth-order valence-corrected chi connectivity index (χ4v) is 6.49. The number of carbonyl (C=O) groups is 2. The molecule has 9 nitrogen and oxygen atoms in total. The molecular weight excluding hydrogens is 599 g/mol. The fraction of sp³-hybridized carbons (Fsp3) is 0.441. The van der Waals surface area contributed by atoms with Gasteiger partial charge in [-0.3, -0.25) is 14.5 Å². The molecular formula is C34H38F3N5O4. The Balaban J connectivity index is 1.07. The molecule has 1 aromatic heterocycles. The summed E-state index contributed by atoms with van der Waals surface area (Å²) in [6.45, 7) is 7.54. The molecule has 4 atom stereocenters. The molecule has 46 heavy (non-hydrogen) atoms. The van der Waals surface area contributed by atoms with E-state index in [4.69, 9.17) is 9.47 Å². The van der Waals surface area contributed by atoms with Crippen molar-refractivity contribution < 1.29 is 32.2 Å². The quantitative estimate of drug-likeness (QED) is 0.391. The number of likely N-dealkylation sites (N-methyl/N-ethyl adjacent to an activating group) is 1. The van der Waals surface area contributed by atoms with E-state index in [1.807, 2.05) is 19.0 Å². The number of pyridine rings is 1. The number of halogens is 3. The van der Waals surface area contributed by atoms with Gasteiger partial charge in [-0.15, -0.1) is 0 Å². The standard InChI is InChI=1S/C34H38F3N5O4/c1-19(45-27-13-14-38-32-24(27)10-12-28(43)39-32)7-11-26-20(2)29-30(31(29)46-26)40-33(44)21-8-9-22(25(16-21)34(35,36)37)17-42-15-5-6-23(18-42)41(3)4/h7-9,11,13-14,16,23,29-31H,2,5-6,10,12,15,17-18H2,1,3-4H3,(H,40,44)(H,38,39,43)/b19-7+,26-11+/t23-,29-,30-,31-/m0/s1. The molecule has 2 N–H and O–H groups in total. The van der Waals surface area contributed by atoms with Gasteiger partial charge < -0.3 is 25.0 Å². The van der Waals surface area contributed by atoms with Crippen LogP contribution in [0.3, 0.4) is 0 Å². The van der Waals surface area contributed by atoms with Crippen molar-refractivity contribution in [3.8, 4) is 5.75 Å². The number of carbonyl (C=O) groups excluding carboxylic acids is 2. The van der Waals surface area contributed by atoms with Gasteiger partial charge in [0.1, 0.15) is 29.2 Å². The minimum atomic E-state index is -4.59. The van der Waals surface area contributed by atoms with E-state index >= 15 is 0 Å². The number of ether oxygens (including phenoxy) is 2. The monoisotopic (exact) mass is 637 g/mol. The van der Waals surface area contributed by atoms with E-state index in [2.05, 4.69) is 27.1 Å². The number of fused-ring (bicyclic) bond motifs is 2. The zero-order valence-corrected chi connectivity index (χ0v) is 26.1. The van der Waals surface area contributed by atoms with Crippen molar-refractivity contribution in [2.24, 2.45) is 5.92 Å². The number of hydrogen-bond acceptors (Lipinski definition) is 7. The van der Waals surface area contributed by atoms with Crippen LogP contribution < -0.4 is 15.4 Å². The third-order valence-corrected chi connectivity index (χ3v) is 9.13. The third-order valence-electron chi connectivity index (χ3n) is 9.13. The first-order chi connectivity index (χ1) is 21.9. The molecule has 4 heterocycles. The van der Waals surface area contributed by atoms with Crippen LogP contribution in [0.4, 0.5) is 19.0 Å². The molecule has 244 valence electrons. The highest BCUT2D eigenvalue weighted by molar-refractivity contribution is 5.95. The SMILES string of the molecule is C=C1/C(=C\C=C(/C)Oc2ccnc3c2CCC(=O)N3)O[C@@H]2[C@@H](NC(=O)c3ccc(CN4CCC[C@H](N(C)C)C4)c(C(F)(F)F)c3)[C@H]12. The number of hydrogen-bond donors (Lipinski definition) is 2. The Morgan fingerprint density at radius 2 is 2.09 bits per heavy atom. The number of piperidine rings is 1. The van der Waals surface area contributed by atoms with Crippen LogP contribution in [0.2, 0.25) is 0 Å². The van der Waals surface area contributed by atoms with Gasteiger partial charge in [0.05, 0.1) is 11.6 Å². The maximum atomic E-state index is 14.1. The molecule has 1 saturated carbocycles. The van der Waals surface area contributed by atoms with Crippen LogP contribution in [-0.4, -0.2) is 72.0 Å². The van der Waals surface area contributed by atoms with Crippen molar-refractivity contribution in [3.63, 3.8) is 0 Å². The summed E-state index contributed by atoms with van der Waals surface area (Å²) in [5.41, 5.74) is 0.880. The lowest BCUT2D eigenvalue weighted by molar-refractivity contribution is -0.138. The first-order valence-electron chi connectivity index (χ1n) is 15.5. The molecule has 12 heteroatoms. The van der Waals surface area contributed by atoms with Crippen molar-refractivity contribution in [2.45, 2.75) is 63.5 Å². The van der Waals surface area contributed by atoms with Gasteiger partial charge in [0.25, 0.3) is 5.91 Å². The number of amides is 2. The Kier molecular flexibility index (Phi) is 8.68. The van der Waals surface area contributed by atoms with Gasteiger partial charge in [0.15, 0.2) is 0 Å². The predicted molar refractivity (Wildman–Crippen MR) is 166 cm³/mol. The van der Waals surface area contributed by atoms with E-state index in [-0.39, 0.29) is 41.6 Å². The summed E-state index contributed by atoms with van der Waals surface area (Å²) in [6.07, 6.45) is 2.99. The molecule has 0 unspecified atom stereocenters. The molecule has 6 rings (SSSR count). The number of rotatable bonds is 8. The number of nitrogens with zero attached hydrogens (tertiary/aromatic N) is 3. The summed E-state index contributed by atoms with van der Waals surface area (Å²) in [5.74, 6) is 1.44. The molecule has 0 radical (unpaired) electrons. The predicted octanol–water partition coefficient (Wildman–Crippen LogP) is 5.06. The topological polar surface area (TPSA) is 96.0 Å². The molecule has 2 saturated heterocycles. The van der Waals surface area contributed by atoms with Crippen LogP contribution in [0.1, 0.15) is 53.2 Å². The summed E-state index contributed by atoms with van der Waals surface area (Å²) in [7, 11) is 3.98. The highest BCUT2D eigenvalue weighted by Crippen LogP contribution is 2.51. The molecule has 1 aliphatic carbocycles. The van der Waals surface area contributed by atoms with E-state index in [1.54, 1.807) is 31.3 Å². The summed E-state index contributed by atoms with van der Waals surface area (Å²) in [5, 5.41) is 5.59. The molecule has 2 amide bonds. The zero-order valence-electron chi connectivity index (χ0n) is 26.1. The average Bonchev–Trinajstić information content (AvgIpc) is 3.57. The number of allylic oxidation sites excluding steroid dienone is 4. The molecule has 3 fully saturated rings. The third kappa shape index (κ3) is 6.68. The van der Waals surface area contributed by atoms with Crippen LogP contribution >= 0.6 is 0 Å². The Morgan fingerprint density at radius 3 is 2.80 bits per heavy atom. The van der Waals surface area contributed by atoms with E-state index in [1.165, 1.54) is 12.1 Å². The van der Waals surface area contributed by atoms with Gasteiger partial charge in [-0.25, -0.2) is 4.98 Å². The summed E-state index contributed by atoms with van der Waals surface area (Å²) < 4.78 is 54.4. The van der Waals surface area contributed by atoms with E-state index in [9.17, 15) is 22.8 Å². The smallest absolute Gasteiger partial charge is 0.416 e. The molecule has 3 aliphatic heterocycles. The number of benzene rings is 1. The highest BCUT2D eigenvalue weighted by atomic mass is 19.4. The van der Waals surface area contributed by atoms with Gasteiger partial charge in [-0.2, -0.15) is 13.2 Å².